The molecular formula is C15H30N2O. The van der Waals surface area contributed by atoms with Gasteiger partial charge in [0.25, 0.3) is 0 Å². The lowest BCUT2D eigenvalue weighted by molar-refractivity contribution is 0.101. The summed E-state index contributed by atoms with van der Waals surface area (Å²) >= 11 is 0. The summed E-state index contributed by atoms with van der Waals surface area (Å²) in [5, 5.41) is 13.3. The summed E-state index contributed by atoms with van der Waals surface area (Å²) in [7, 11) is 0. The van der Waals surface area contributed by atoms with Crippen molar-refractivity contribution in [2.45, 2.75) is 58.6 Å². The van der Waals surface area contributed by atoms with Gasteiger partial charge in [0.2, 0.25) is 0 Å². The van der Waals surface area contributed by atoms with Crippen LogP contribution in [0.25, 0.3) is 0 Å². The van der Waals surface area contributed by atoms with E-state index in [4.69, 9.17) is 0 Å². The van der Waals surface area contributed by atoms with Crippen molar-refractivity contribution in [3.63, 3.8) is 0 Å². The Bertz CT molecular complexity index is 267. The van der Waals surface area contributed by atoms with Gasteiger partial charge in [0.15, 0.2) is 0 Å². The molecule has 0 spiro atoms. The van der Waals surface area contributed by atoms with Gasteiger partial charge >= 0.3 is 0 Å². The maximum Gasteiger partial charge on any atom is 0.0679 e. The van der Waals surface area contributed by atoms with Crippen LogP contribution in [0.2, 0.25) is 0 Å². The summed E-state index contributed by atoms with van der Waals surface area (Å²) in [6, 6.07) is 0.681. The Kier molecular flexibility index (Phi) is 4.68. The van der Waals surface area contributed by atoms with E-state index in [1.165, 1.54) is 19.3 Å². The Morgan fingerprint density at radius 3 is 2.72 bits per heavy atom. The topological polar surface area (TPSA) is 35.5 Å². The molecule has 0 bridgehead atoms. The van der Waals surface area contributed by atoms with E-state index in [1.54, 1.807) is 0 Å². The first kappa shape index (κ1) is 14.3. The smallest absolute Gasteiger partial charge is 0.0679 e. The average Bonchev–Trinajstić information content (AvgIpc) is 2.68. The molecule has 2 fully saturated rings. The van der Waals surface area contributed by atoms with Crippen molar-refractivity contribution < 1.29 is 5.11 Å². The summed E-state index contributed by atoms with van der Waals surface area (Å²) in [5.41, 5.74) is 0.495. The standard InChI is InChI=1S/C15H30N2O/c1-4-16-14-5-7-15(2,3)9-12(14)10-17-8-6-13(18)11-17/h12-14,16,18H,4-11H2,1-3H3. The van der Waals surface area contributed by atoms with Crippen LogP contribution in [0, 0.1) is 11.3 Å². The molecule has 0 amide bonds. The van der Waals surface area contributed by atoms with E-state index in [-0.39, 0.29) is 6.10 Å². The molecule has 0 aromatic rings. The molecule has 1 saturated heterocycles. The molecule has 18 heavy (non-hydrogen) atoms. The van der Waals surface area contributed by atoms with Crippen LogP contribution in [0.3, 0.4) is 0 Å². The monoisotopic (exact) mass is 254 g/mol. The molecule has 1 aliphatic carbocycles. The summed E-state index contributed by atoms with van der Waals surface area (Å²) < 4.78 is 0. The molecule has 0 aromatic carbocycles. The maximum absolute atomic E-state index is 9.64. The summed E-state index contributed by atoms with van der Waals surface area (Å²) in [4.78, 5) is 2.46. The molecule has 2 aliphatic rings. The molecule has 1 saturated carbocycles. The zero-order valence-electron chi connectivity index (χ0n) is 12.3. The number of hydrogen-bond acceptors (Lipinski definition) is 3. The quantitative estimate of drug-likeness (QED) is 0.804. The Morgan fingerprint density at radius 2 is 2.11 bits per heavy atom. The molecule has 1 heterocycles. The molecule has 3 heteroatoms. The van der Waals surface area contributed by atoms with Crippen molar-refractivity contribution in [2.24, 2.45) is 11.3 Å². The van der Waals surface area contributed by atoms with Gasteiger partial charge in [-0.3, -0.25) is 0 Å². The highest BCUT2D eigenvalue weighted by Gasteiger charge is 2.36. The fraction of sp³-hybridized carbons (Fsp3) is 1.00. The van der Waals surface area contributed by atoms with Gasteiger partial charge in [-0.15, -0.1) is 0 Å². The third kappa shape index (κ3) is 3.69. The molecule has 3 atom stereocenters. The number of aliphatic hydroxyl groups excluding tert-OH is 1. The maximum atomic E-state index is 9.64. The molecular weight excluding hydrogens is 224 g/mol. The van der Waals surface area contributed by atoms with Crippen molar-refractivity contribution in [3.8, 4) is 0 Å². The van der Waals surface area contributed by atoms with Crippen LogP contribution in [0.5, 0.6) is 0 Å². The minimum atomic E-state index is -0.0841. The second kappa shape index (κ2) is 5.89. The fourth-order valence-electron chi connectivity index (χ4n) is 3.77. The van der Waals surface area contributed by atoms with Crippen LogP contribution in [-0.4, -0.2) is 48.3 Å². The average molecular weight is 254 g/mol. The van der Waals surface area contributed by atoms with Gasteiger partial charge in [-0.2, -0.15) is 0 Å². The molecule has 0 radical (unpaired) electrons. The largest absolute Gasteiger partial charge is 0.392 e. The highest BCUT2D eigenvalue weighted by Crippen LogP contribution is 2.39. The third-order valence-electron chi connectivity index (χ3n) is 4.72. The number of β-amino-alcohol motifs (C(OH)–C–C–N with tert-alkyl or cyclic N) is 1. The molecule has 3 unspecified atom stereocenters. The van der Waals surface area contributed by atoms with Crippen LogP contribution in [0.4, 0.5) is 0 Å². The lowest BCUT2D eigenvalue weighted by Gasteiger charge is -2.42. The molecule has 106 valence electrons. The van der Waals surface area contributed by atoms with Crippen LogP contribution >= 0.6 is 0 Å². The number of rotatable bonds is 4. The van der Waals surface area contributed by atoms with E-state index < -0.39 is 0 Å². The highest BCUT2D eigenvalue weighted by molar-refractivity contribution is 4.91. The Hall–Kier alpha value is -0.120. The van der Waals surface area contributed by atoms with Gasteiger partial charge in [0.1, 0.15) is 0 Å². The van der Waals surface area contributed by atoms with Crippen LogP contribution in [0.15, 0.2) is 0 Å². The first-order chi connectivity index (χ1) is 8.50. The van der Waals surface area contributed by atoms with Gasteiger partial charge in [-0.25, -0.2) is 0 Å². The molecule has 1 aliphatic heterocycles. The van der Waals surface area contributed by atoms with Crippen molar-refractivity contribution in [3.05, 3.63) is 0 Å². The summed E-state index contributed by atoms with van der Waals surface area (Å²) in [6.45, 7) is 11.2. The SMILES string of the molecule is CCNC1CCC(C)(C)CC1CN1CCC(O)C1. The number of hydrogen-bond donors (Lipinski definition) is 2. The number of nitrogens with one attached hydrogen (secondary N) is 1. The van der Waals surface area contributed by atoms with E-state index in [0.717, 1.165) is 38.5 Å². The van der Waals surface area contributed by atoms with Crippen molar-refractivity contribution >= 4 is 0 Å². The van der Waals surface area contributed by atoms with Crippen LogP contribution in [0.1, 0.15) is 46.5 Å². The highest BCUT2D eigenvalue weighted by atomic mass is 16.3. The lowest BCUT2D eigenvalue weighted by Crippen LogP contribution is -2.47. The van der Waals surface area contributed by atoms with Gasteiger partial charge < -0.3 is 15.3 Å². The predicted octanol–water partition coefficient (Wildman–Crippen LogP) is 1.86. The molecule has 2 N–H and O–H groups in total. The van der Waals surface area contributed by atoms with Crippen molar-refractivity contribution in [1.82, 2.24) is 10.2 Å². The van der Waals surface area contributed by atoms with Crippen molar-refractivity contribution in [1.29, 1.82) is 0 Å². The van der Waals surface area contributed by atoms with E-state index >= 15 is 0 Å². The van der Waals surface area contributed by atoms with Gasteiger partial charge in [0.05, 0.1) is 6.10 Å². The fourth-order valence-corrected chi connectivity index (χ4v) is 3.77. The second-order valence-corrected chi connectivity index (χ2v) is 7.03. The van der Waals surface area contributed by atoms with E-state index in [9.17, 15) is 5.11 Å². The Labute approximate surface area is 112 Å². The van der Waals surface area contributed by atoms with E-state index in [2.05, 4.69) is 31.0 Å². The summed E-state index contributed by atoms with van der Waals surface area (Å²) in [5.74, 6) is 0.749. The second-order valence-electron chi connectivity index (χ2n) is 7.03. The van der Waals surface area contributed by atoms with Gasteiger partial charge in [0, 0.05) is 25.7 Å². The van der Waals surface area contributed by atoms with E-state index in [0.29, 0.717) is 11.5 Å². The predicted molar refractivity (Wildman–Crippen MR) is 75.7 cm³/mol. The van der Waals surface area contributed by atoms with Crippen molar-refractivity contribution in [2.75, 3.05) is 26.2 Å². The molecule has 0 aromatic heterocycles. The molecule has 3 nitrogen and oxygen atoms in total. The molecule has 2 rings (SSSR count). The minimum absolute atomic E-state index is 0.0841. The number of likely N-dealkylation sites (tertiary alicyclic amines) is 1. The first-order valence-corrected chi connectivity index (χ1v) is 7.64. The lowest BCUT2D eigenvalue weighted by atomic mass is 9.69. The van der Waals surface area contributed by atoms with Crippen LogP contribution in [-0.2, 0) is 0 Å². The number of nitrogens with zero attached hydrogens (tertiary/aromatic N) is 1. The Balaban J connectivity index is 1.92. The number of aliphatic hydroxyl groups is 1. The minimum Gasteiger partial charge on any atom is -0.392 e. The van der Waals surface area contributed by atoms with E-state index in [1.807, 2.05) is 0 Å². The van der Waals surface area contributed by atoms with Gasteiger partial charge in [-0.05, 0) is 43.6 Å². The third-order valence-corrected chi connectivity index (χ3v) is 4.72. The first-order valence-electron chi connectivity index (χ1n) is 7.64. The summed E-state index contributed by atoms with van der Waals surface area (Å²) in [6.07, 6.45) is 4.84. The zero-order valence-corrected chi connectivity index (χ0v) is 12.3. The zero-order chi connectivity index (χ0) is 13.2. The normalized spacial score (nSPS) is 37.0. The Morgan fingerprint density at radius 1 is 1.33 bits per heavy atom. The van der Waals surface area contributed by atoms with Crippen LogP contribution < -0.4 is 5.32 Å². The van der Waals surface area contributed by atoms with Gasteiger partial charge in [-0.1, -0.05) is 20.8 Å².